The Balaban J connectivity index is 1.52. The van der Waals surface area contributed by atoms with Crippen LogP contribution in [0.2, 0.25) is 5.28 Å². The van der Waals surface area contributed by atoms with Crippen LogP contribution in [0.15, 0.2) is 18.2 Å². The zero-order chi connectivity index (χ0) is 30.9. The van der Waals surface area contributed by atoms with Crippen molar-refractivity contribution in [3.8, 4) is 0 Å². The zero-order valence-corrected chi connectivity index (χ0v) is 24.9. The van der Waals surface area contributed by atoms with E-state index in [1.54, 1.807) is 32.6 Å². The normalized spacial score (nSPS) is 17.4. The van der Waals surface area contributed by atoms with Crippen LogP contribution in [0.5, 0.6) is 0 Å². The second kappa shape index (κ2) is 12.2. The van der Waals surface area contributed by atoms with Gasteiger partial charge in [-0.1, -0.05) is 12.1 Å². The lowest BCUT2D eigenvalue weighted by Crippen LogP contribution is -2.51. The molecule has 2 amide bonds. The van der Waals surface area contributed by atoms with E-state index in [0.29, 0.717) is 37.3 Å². The highest BCUT2D eigenvalue weighted by Gasteiger charge is 2.45. The van der Waals surface area contributed by atoms with Crippen LogP contribution < -0.4 is 10.6 Å². The van der Waals surface area contributed by atoms with Gasteiger partial charge in [0, 0.05) is 44.3 Å². The number of hydrogen-bond acceptors (Lipinski definition) is 8. The summed E-state index contributed by atoms with van der Waals surface area (Å²) in [5.41, 5.74) is -1.72. The number of halogens is 4. The van der Waals surface area contributed by atoms with Gasteiger partial charge >= 0.3 is 6.09 Å². The van der Waals surface area contributed by atoms with Crippen molar-refractivity contribution in [1.82, 2.24) is 20.2 Å². The van der Waals surface area contributed by atoms with Crippen molar-refractivity contribution in [2.45, 2.75) is 76.8 Å². The summed E-state index contributed by atoms with van der Waals surface area (Å²) in [4.78, 5) is 35.5. The standard InChI is InChI=1S/C28H35ClF3N5O5/c1-16(17-7-6-8-19(21(17)30)28(31,32)15-33-25(39)42-26(2,3)4)34-22-18-13-37(14-20(18)35-24(29)36-22)23(38)27(40-5)9-11-41-12-10-27/h6-8,16H,9-15H2,1-5H3,(H,33,39)(H,34,35,36)/t16-/m1/s1. The van der Waals surface area contributed by atoms with Crippen LogP contribution >= 0.6 is 11.6 Å². The van der Waals surface area contributed by atoms with Crippen LogP contribution in [0, 0.1) is 5.82 Å². The molecule has 1 saturated heterocycles. The fraction of sp³-hybridized carbons (Fsp3) is 0.571. The molecule has 2 N–H and O–H groups in total. The summed E-state index contributed by atoms with van der Waals surface area (Å²) in [6.07, 6.45) is -0.210. The van der Waals surface area contributed by atoms with Crippen molar-refractivity contribution < 1.29 is 37.0 Å². The summed E-state index contributed by atoms with van der Waals surface area (Å²) in [5, 5.41) is 4.97. The number of anilines is 1. The molecule has 42 heavy (non-hydrogen) atoms. The Kier molecular flexibility index (Phi) is 9.24. The molecule has 10 nitrogen and oxygen atoms in total. The summed E-state index contributed by atoms with van der Waals surface area (Å²) in [6.45, 7) is 6.35. The van der Waals surface area contributed by atoms with Crippen LogP contribution in [0.3, 0.4) is 0 Å². The van der Waals surface area contributed by atoms with Crippen LogP contribution in [-0.2, 0) is 38.0 Å². The van der Waals surface area contributed by atoms with Gasteiger partial charge in [-0.25, -0.2) is 19.2 Å². The van der Waals surface area contributed by atoms with E-state index in [4.69, 9.17) is 25.8 Å². The lowest BCUT2D eigenvalue weighted by molar-refractivity contribution is -0.167. The number of aromatic nitrogens is 2. The molecule has 1 aromatic carbocycles. The number of fused-ring (bicyclic) bond motifs is 1. The number of hydrogen-bond donors (Lipinski definition) is 2. The van der Waals surface area contributed by atoms with Gasteiger partial charge in [-0.05, 0) is 45.4 Å². The quantitative estimate of drug-likeness (QED) is 0.396. The van der Waals surface area contributed by atoms with Crippen LogP contribution in [0.1, 0.15) is 69.0 Å². The molecule has 0 saturated carbocycles. The van der Waals surface area contributed by atoms with Crippen molar-refractivity contribution >= 4 is 29.4 Å². The second-order valence-electron chi connectivity index (χ2n) is 11.4. The van der Waals surface area contributed by atoms with Gasteiger partial charge in [-0.3, -0.25) is 4.79 Å². The molecule has 1 fully saturated rings. The lowest BCUT2D eigenvalue weighted by atomic mass is 9.92. The molecule has 3 heterocycles. The fourth-order valence-electron chi connectivity index (χ4n) is 5.02. The van der Waals surface area contributed by atoms with Gasteiger partial charge in [-0.2, -0.15) is 8.78 Å². The number of amides is 2. The van der Waals surface area contributed by atoms with Crippen molar-refractivity contribution in [2.24, 2.45) is 0 Å². The van der Waals surface area contributed by atoms with E-state index in [1.807, 2.05) is 5.32 Å². The number of carbonyl (C=O) groups excluding carboxylic acids is 2. The number of alkyl halides is 2. The molecule has 4 rings (SSSR count). The number of ether oxygens (including phenoxy) is 3. The average molecular weight is 614 g/mol. The molecule has 2 aromatic rings. The van der Waals surface area contributed by atoms with Crippen molar-refractivity contribution in [1.29, 1.82) is 0 Å². The Labute approximate surface area is 247 Å². The first-order valence-corrected chi connectivity index (χ1v) is 13.9. The molecular weight excluding hydrogens is 579 g/mol. The van der Waals surface area contributed by atoms with Crippen LogP contribution in [0.4, 0.5) is 23.8 Å². The molecule has 0 bridgehead atoms. The van der Waals surface area contributed by atoms with Gasteiger partial charge in [0.05, 0.1) is 36.9 Å². The number of nitrogens with zero attached hydrogens (tertiary/aromatic N) is 3. The predicted molar refractivity (Wildman–Crippen MR) is 148 cm³/mol. The van der Waals surface area contributed by atoms with Gasteiger partial charge in [0.1, 0.15) is 17.2 Å². The molecule has 1 aromatic heterocycles. The number of methoxy groups -OCH3 is 1. The molecule has 14 heteroatoms. The maximum atomic E-state index is 15.5. The third-order valence-electron chi connectivity index (χ3n) is 7.22. The van der Waals surface area contributed by atoms with E-state index in [-0.39, 0.29) is 35.7 Å². The summed E-state index contributed by atoms with van der Waals surface area (Å²) in [6, 6.07) is 2.82. The van der Waals surface area contributed by atoms with Crippen LogP contribution in [-0.4, -0.2) is 64.9 Å². The minimum atomic E-state index is -3.72. The first-order chi connectivity index (χ1) is 19.7. The molecule has 2 aliphatic rings. The first kappa shape index (κ1) is 31.8. The Morgan fingerprint density at radius 1 is 1.19 bits per heavy atom. The van der Waals surface area contributed by atoms with Gasteiger partial charge in [-0.15, -0.1) is 0 Å². The minimum Gasteiger partial charge on any atom is -0.444 e. The van der Waals surface area contributed by atoms with E-state index in [2.05, 4.69) is 15.3 Å². The zero-order valence-electron chi connectivity index (χ0n) is 24.2. The number of alkyl carbamates (subject to hydrolysis) is 1. The average Bonchev–Trinajstić information content (AvgIpc) is 3.35. The van der Waals surface area contributed by atoms with Gasteiger partial charge < -0.3 is 29.7 Å². The topological polar surface area (TPSA) is 115 Å². The van der Waals surface area contributed by atoms with Crippen molar-refractivity contribution in [3.63, 3.8) is 0 Å². The van der Waals surface area contributed by atoms with Gasteiger partial charge in [0.2, 0.25) is 5.28 Å². The Bertz CT molecular complexity index is 1330. The Hall–Kier alpha value is -3.16. The molecule has 0 aliphatic carbocycles. The predicted octanol–water partition coefficient (Wildman–Crippen LogP) is 5.10. The van der Waals surface area contributed by atoms with Crippen molar-refractivity contribution in [2.75, 3.05) is 32.2 Å². The lowest BCUT2D eigenvalue weighted by Gasteiger charge is -2.37. The van der Waals surface area contributed by atoms with Crippen molar-refractivity contribution in [3.05, 3.63) is 51.7 Å². The minimum absolute atomic E-state index is 0.0561. The smallest absolute Gasteiger partial charge is 0.407 e. The van der Waals surface area contributed by atoms with E-state index < -0.39 is 47.2 Å². The largest absolute Gasteiger partial charge is 0.444 e. The molecule has 230 valence electrons. The highest BCUT2D eigenvalue weighted by Crippen LogP contribution is 2.37. The SMILES string of the molecule is COC1(C(=O)N2Cc3nc(Cl)nc(N[C@H](C)c4cccc(C(F)(F)CNC(=O)OC(C)(C)C)c4F)c3C2)CCOCC1. The van der Waals surface area contributed by atoms with E-state index >= 15 is 13.2 Å². The van der Waals surface area contributed by atoms with E-state index in [9.17, 15) is 9.59 Å². The summed E-state index contributed by atoms with van der Waals surface area (Å²) >= 11 is 6.18. The summed E-state index contributed by atoms with van der Waals surface area (Å²) in [7, 11) is 1.50. The highest BCUT2D eigenvalue weighted by molar-refractivity contribution is 6.28. The Morgan fingerprint density at radius 2 is 1.88 bits per heavy atom. The molecule has 0 radical (unpaired) electrons. The molecule has 0 unspecified atom stereocenters. The monoisotopic (exact) mass is 613 g/mol. The number of nitrogens with one attached hydrogen (secondary N) is 2. The maximum absolute atomic E-state index is 15.5. The molecular formula is C28H35ClF3N5O5. The maximum Gasteiger partial charge on any atom is 0.407 e. The van der Waals surface area contributed by atoms with Gasteiger partial charge in [0.15, 0.2) is 5.60 Å². The fourth-order valence-corrected chi connectivity index (χ4v) is 5.21. The van der Waals surface area contributed by atoms with E-state index in [0.717, 1.165) is 6.07 Å². The molecule has 0 spiro atoms. The third-order valence-corrected chi connectivity index (χ3v) is 7.39. The Morgan fingerprint density at radius 3 is 2.52 bits per heavy atom. The highest BCUT2D eigenvalue weighted by atomic mass is 35.5. The molecule has 1 atom stereocenters. The second-order valence-corrected chi connectivity index (χ2v) is 11.7. The van der Waals surface area contributed by atoms with Gasteiger partial charge in [0.25, 0.3) is 11.8 Å². The van der Waals surface area contributed by atoms with E-state index in [1.165, 1.54) is 19.2 Å². The number of benzene rings is 1. The first-order valence-electron chi connectivity index (χ1n) is 13.5. The summed E-state index contributed by atoms with van der Waals surface area (Å²) < 4.78 is 61.6. The van der Waals surface area contributed by atoms with Crippen LogP contribution in [0.25, 0.3) is 0 Å². The molecule has 2 aliphatic heterocycles. The number of carbonyl (C=O) groups is 2. The number of rotatable bonds is 8. The summed E-state index contributed by atoms with van der Waals surface area (Å²) in [5.74, 6) is -4.81. The third kappa shape index (κ3) is 6.90.